The Hall–Kier alpha value is -0.285. The van der Waals surface area contributed by atoms with Crippen LogP contribution in [0.15, 0.2) is 12.3 Å². The number of hydrogen-bond acceptors (Lipinski definition) is 3. The molecular formula is C11H14BCl2NO2. The molecule has 6 heteroatoms. The lowest BCUT2D eigenvalue weighted by Gasteiger charge is -2.32. The molecule has 1 aliphatic heterocycles. The summed E-state index contributed by atoms with van der Waals surface area (Å²) in [6.45, 7) is 7.96. The molecule has 0 aromatic carbocycles. The fraction of sp³-hybridized carbons (Fsp3) is 0.545. The van der Waals surface area contributed by atoms with E-state index < -0.39 is 7.12 Å². The van der Waals surface area contributed by atoms with Crippen molar-refractivity contribution in [1.82, 2.24) is 4.98 Å². The number of hydrogen-bond donors (Lipinski definition) is 0. The van der Waals surface area contributed by atoms with Crippen LogP contribution >= 0.6 is 23.2 Å². The van der Waals surface area contributed by atoms with Gasteiger partial charge >= 0.3 is 7.12 Å². The van der Waals surface area contributed by atoms with E-state index >= 15 is 0 Å². The average molecular weight is 274 g/mol. The number of nitrogens with zero attached hydrogens (tertiary/aromatic N) is 1. The first kappa shape index (κ1) is 13.2. The van der Waals surface area contributed by atoms with E-state index in [1.54, 1.807) is 12.3 Å². The van der Waals surface area contributed by atoms with Crippen LogP contribution in [0.5, 0.6) is 0 Å². The lowest BCUT2D eigenvalue weighted by molar-refractivity contribution is 0.00578. The molecule has 1 aromatic heterocycles. The Morgan fingerprint density at radius 2 is 1.65 bits per heavy atom. The van der Waals surface area contributed by atoms with Crippen LogP contribution in [0.2, 0.25) is 10.2 Å². The summed E-state index contributed by atoms with van der Waals surface area (Å²) >= 11 is 11.9. The van der Waals surface area contributed by atoms with E-state index in [9.17, 15) is 0 Å². The van der Waals surface area contributed by atoms with E-state index in [2.05, 4.69) is 4.98 Å². The zero-order chi connectivity index (χ0) is 12.8. The lowest BCUT2D eigenvalue weighted by Crippen LogP contribution is -2.41. The van der Waals surface area contributed by atoms with Gasteiger partial charge in [-0.3, -0.25) is 0 Å². The summed E-state index contributed by atoms with van der Waals surface area (Å²) in [4.78, 5) is 4.00. The van der Waals surface area contributed by atoms with Crippen LogP contribution in [0.1, 0.15) is 27.7 Å². The van der Waals surface area contributed by atoms with Gasteiger partial charge in [-0.15, -0.1) is 0 Å². The van der Waals surface area contributed by atoms with Crippen LogP contribution in [-0.4, -0.2) is 23.3 Å². The summed E-state index contributed by atoms with van der Waals surface area (Å²) < 4.78 is 11.8. The molecular weight excluding hydrogens is 260 g/mol. The number of rotatable bonds is 1. The molecule has 0 atom stereocenters. The highest BCUT2D eigenvalue weighted by Crippen LogP contribution is 2.36. The van der Waals surface area contributed by atoms with Crippen LogP contribution < -0.4 is 5.46 Å². The molecule has 1 saturated heterocycles. The van der Waals surface area contributed by atoms with Crippen molar-refractivity contribution < 1.29 is 9.31 Å². The molecule has 1 aliphatic rings. The van der Waals surface area contributed by atoms with Gasteiger partial charge in [-0.2, -0.15) is 0 Å². The topological polar surface area (TPSA) is 31.4 Å². The van der Waals surface area contributed by atoms with Crippen molar-refractivity contribution in [2.24, 2.45) is 0 Å². The molecule has 2 rings (SSSR count). The van der Waals surface area contributed by atoms with Crippen molar-refractivity contribution in [2.45, 2.75) is 38.9 Å². The van der Waals surface area contributed by atoms with Crippen LogP contribution in [-0.2, 0) is 9.31 Å². The van der Waals surface area contributed by atoms with Crippen LogP contribution in [0, 0.1) is 0 Å². The zero-order valence-corrected chi connectivity index (χ0v) is 11.8. The molecule has 0 N–H and O–H groups in total. The first-order valence-electron chi connectivity index (χ1n) is 5.39. The van der Waals surface area contributed by atoms with Gasteiger partial charge in [-0.25, -0.2) is 4.98 Å². The fourth-order valence-electron chi connectivity index (χ4n) is 1.56. The van der Waals surface area contributed by atoms with Gasteiger partial charge in [-0.05, 0) is 33.8 Å². The molecule has 0 radical (unpaired) electrons. The standard InChI is InChI=1S/C11H14BCl2NO2/c1-10(2)11(3,4)17-12(16-10)7-6-15-9(14)5-8(7)13/h5-6H,1-4H3. The van der Waals surface area contributed by atoms with E-state index in [1.165, 1.54) is 0 Å². The fourth-order valence-corrected chi connectivity index (χ4v) is 2.02. The predicted octanol–water partition coefficient (Wildman–Crippen LogP) is 2.69. The van der Waals surface area contributed by atoms with Crippen molar-refractivity contribution in [3.63, 3.8) is 0 Å². The second-order valence-corrected chi connectivity index (χ2v) is 5.91. The summed E-state index contributed by atoms with van der Waals surface area (Å²) in [5.41, 5.74) is -0.0731. The van der Waals surface area contributed by atoms with Gasteiger partial charge in [0.2, 0.25) is 0 Å². The predicted molar refractivity (Wildman–Crippen MR) is 70.0 cm³/mol. The maximum Gasteiger partial charge on any atom is 0.497 e. The smallest absolute Gasteiger partial charge is 0.399 e. The highest BCUT2D eigenvalue weighted by molar-refractivity contribution is 6.65. The van der Waals surface area contributed by atoms with E-state index in [-0.39, 0.29) is 11.2 Å². The average Bonchev–Trinajstić information content (AvgIpc) is 2.35. The monoisotopic (exact) mass is 273 g/mol. The van der Waals surface area contributed by atoms with Crippen molar-refractivity contribution in [3.8, 4) is 0 Å². The third kappa shape index (κ3) is 2.32. The molecule has 0 amide bonds. The highest BCUT2D eigenvalue weighted by atomic mass is 35.5. The second-order valence-electron chi connectivity index (χ2n) is 5.12. The quantitative estimate of drug-likeness (QED) is 0.582. The molecule has 2 heterocycles. The Labute approximate surface area is 112 Å². The Kier molecular flexibility index (Phi) is 3.19. The Morgan fingerprint density at radius 1 is 1.12 bits per heavy atom. The molecule has 0 aliphatic carbocycles. The van der Waals surface area contributed by atoms with Gasteiger partial charge in [0.05, 0.1) is 11.2 Å². The first-order chi connectivity index (χ1) is 7.73. The van der Waals surface area contributed by atoms with Gasteiger partial charge in [0.15, 0.2) is 0 Å². The van der Waals surface area contributed by atoms with Crippen molar-refractivity contribution >= 4 is 35.8 Å². The Morgan fingerprint density at radius 3 is 2.12 bits per heavy atom. The first-order valence-corrected chi connectivity index (χ1v) is 6.15. The van der Waals surface area contributed by atoms with Gasteiger partial charge in [0, 0.05) is 16.7 Å². The maximum absolute atomic E-state index is 6.11. The molecule has 0 saturated carbocycles. The van der Waals surface area contributed by atoms with Gasteiger partial charge in [-0.1, -0.05) is 23.2 Å². The van der Waals surface area contributed by atoms with Gasteiger partial charge in [0.1, 0.15) is 5.15 Å². The summed E-state index contributed by atoms with van der Waals surface area (Å²) in [6, 6.07) is 1.59. The molecule has 1 fully saturated rings. The summed E-state index contributed by atoms with van der Waals surface area (Å²) in [5.74, 6) is 0. The SMILES string of the molecule is CC1(C)OB(c2cnc(Cl)cc2Cl)OC1(C)C. The number of pyridine rings is 1. The van der Waals surface area contributed by atoms with E-state index in [0.29, 0.717) is 15.6 Å². The molecule has 3 nitrogen and oxygen atoms in total. The van der Waals surface area contributed by atoms with Crippen molar-refractivity contribution in [1.29, 1.82) is 0 Å². The van der Waals surface area contributed by atoms with Crippen LogP contribution in [0.25, 0.3) is 0 Å². The lowest BCUT2D eigenvalue weighted by atomic mass is 9.80. The van der Waals surface area contributed by atoms with Crippen molar-refractivity contribution in [2.75, 3.05) is 0 Å². The second kappa shape index (κ2) is 4.13. The molecule has 1 aromatic rings. The minimum Gasteiger partial charge on any atom is -0.399 e. The molecule has 0 bridgehead atoms. The number of halogens is 2. The van der Waals surface area contributed by atoms with Crippen LogP contribution in [0.4, 0.5) is 0 Å². The molecule has 0 unspecified atom stereocenters. The minimum atomic E-state index is -0.503. The van der Waals surface area contributed by atoms with Crippen molar-refractivity contribution in [3.05, 3.63) is 22.4 Å². The normalized spacial score (nSPS) is 21.9. The van der Waals surface area contributed by atoms with E-state index in [1.807, 2.05) is 27.7 Å². The molecule has 92 valence electrons. The van der Waals surface area contributed by atoms with Crippen LogP contribution in [0.3, 0.4) is 0 Å². The third-order valence-corrected chi connectivity index (χ3v) is 3.89. The highest BCUT2D eigenvalue weighted by Gasteiger charge is 2.52. The third-order valence-electron chi connectivity index (χ3n) is 3.36. The Balaban J connectivity index is 2.32. The summed E-state index contributed by atoms with van der Waals surface area (Å²) in [7, 11) is -0.503. The Bertz CT molecular complexity index is 435. The van der Waals surface area contributed by atoms with Gasteiger partial charge in [0.25, 0.3) is 0 Å². The zero-order valence-electron chi connectivity index (χ0n) is 10.3. The minimum absolute atomic E-state index is 0.357. The number of aromatic nitrogens is 1. The summed E-state index contributed by atoms with van der Waals surface area (Å²) in [6.07, 6.45) is 1.59. The largest absolute Gasteiger partial charge is 0.497 e. The summed E-state index contributed by atoms with van der Waals surface area (Å²) in [5, 5.41) is 0.860. The van der Waals surface area contributed by atoms with Gasteiger partial charge < -0.3 is 9.31 Å². The maximum atomic E-state index is 6.11. The molecule has 0 spiro atoms. The van der Waals surface area contributed by atoms with E-state index in [0.717, 1.165) is 0 Å². The van der Waals surface area contributed by atoms with E-state index in [4.69, 9.17) is 32.5 Å². The molecule has 17 heavy (non-hydrogen) atoms.